The Labute approximate surface area is 465 Å². The molecular formula is C68H75IrN3O2S-2. The average Bonchev–Trinajstić information content (AvgIpc) is 3.78. The fraction of sp³-hybridized carbons (Fsp3) is 0.324. The van der Waals surface area contributed by atoms with Gasteiger partial charge in [0.1, 0.15) is 0 Å². The monoisotopic (exact) mass is 1190 g/mol. The number of ketones is 1. The van der Waals surface area contributed by atoms with Crippen molar-refractivity contribution in [1.29, 1.82) is 0 Å². The summed E-state index contributed by atoms with van der Waals surface area (Å²) in [7, 11) is 0. The number of aromatic nitrogens is 3. The summed E-state index contributed by atoms with van der Waals surface area (Å²) in [6.07, 6.45) is 7.86. The van der Waals surface area contributed by atoms with Gasteiger partial charge in [0.2, 0.25) is 0 Å². The quantitative estimate of drug-likeness (QED) is 0.0749. The van der Waals surface area contributed by atoms with Gasteiger partial charge in [-0.2, -0.15) is 10.2 Å². The van der Waals surface area contributed by atoms with Gasteiger partial charge in [-0.1, -0.05) is 191 Å². The number of pyridine rings is 1. The Morgan fingerprint density at radius 3 is 1.88 bits per heavy atom. The molecule has 3 aromatic heterocycles. The van der Waals surface area contributed by atoms with Crippen molar-refractivity contribution in [2.24, 2.45) is 17.3 Å². The molecule has 0 amide bonds. The van der Waals surface area contributed by atoms with Gasteiger partial charge >= 0.3 is 0 Å². The van der Waals surface area contributed by atoms with Crippen molar-refractivity contribution in [2.45, 2.75) is 128 Å². The Hall–Kier alpha value is -6.11. The molecule has 9 aromatic rings. The van der Waals surface area contributed by atoms with Crippen molar-refractivity contribution in [3.63, 3.8) is 0 Å². The molecule has 1 radical (unpaired) electrons. The second-order valence-electron chi connectivity index (χ2n) is 22.0. The summed E-state index contributed by atoms with van der Waals surface area (Å²) >= 11 is 1.85. The van der Waals surface area contributed by atoms with Crippen LogP contribution in [0.3, 0.4) is 0 Å². The van der Waals surface area contributed by atoms with E-state index < -0.39 is 0 Å². The minimum absolute atomic E-state index is 0. The first kappa shape index (κ1) is 58.2. The Morgan fingerprint density at radius 2 is 1.25 bits per heavy atom. The molecular weight excluding hydrogens is 1120 g/mol. The molecule has 0 spiro atoms. The maximum atomic E-state index is 11.7. The number of hydrogen-bond donors (Lipinski definition) is 1. The summed E-state index contributed by atoms with van der Waals surface area (Å²) in [6, 6.07) is 52.3. The van der Waals surface area contributed by atoms with E-state index in [0.29, 0.717) is 0 Å². The van der Waals surface area contributed by atoms with Crippen molar-refractivity contribution >= 4 is 48.1 Å². The van der Waals surface area contributed by atoms with Crippen LogP contribution in [0.15, 0.2) is 145 Å². The number of hydrogen-bond acceptors (Lipinski definition) is 6. The molecule has 0 atom stereocenters. The van der Waals surface area contributed by atoms with Gasteiger partial charge in [-0.05, 0) is 83.7 Å². The van der Waals surface area contributed by atoms with Gasteiger partial charge in [-0.15, -0.1) is 75.4 Å². The van der Waals surface area contributed by atoms with E-state index in [-0.39, 0.29) is 54.3 Å². The number of thiophene rings is 1. The van der Waals surface area contributed by atoms with E-state index in [2.05, 4.69) is 206 Å². The van der Waals surface area contributed by atoms with Gasteiger partial charge in [0.25, 0.3) is 0 Å². The topological polar surface area (TPSA) is 76.0 Å². The van der Waals surface area contributed by atoms with Crippen LogP contribution in [0.1, 0.15) is 123 Å². The predicted octanol–water partition coefficient (Wildman–Crippen LogP) is 19.0. The number of allylic oxidation sites excluding steroid dienone is 2. The minimum atomic E-state index is 0. The van der Waals surface area contributed by atoms with Crippen LogP contribution in [0, 0.1) is 50.2 Å². The van der Waals surface area contributed by atoms with Crippen molar-refractivity contribution in [2.75, 3.05) is 0 Å². The Kier molecular flexibility index (Phi) is 19.9. The maximum absolute atomic E-state index is 11.7. The summed E-state index contributed by atoms with van der Waals surface area (Å²) in [5.74, 6) is 0.547. The molecule has 3 heterocycles. The molecule has 75 heavy (non-hydrogen) atoms. The van der Waals surface area contributed by atoms with Crippen molar-refractivity contribution in [1.82, 2.24) is 15.2 Å². The number of rotatable bonds is 12. The number of aliphatic hydroxyl groups is 1. The number of fused-ring (bicyclic) bond motifs is 4. The van der Waals surface area contributed by atoms with E-state index in [1.54, 1.807) is 0 Å². The van der Waals surface area contributed by atoms with E-state index in [1.807, 2.05) is 51.3 Å². The fourth-order valence-electron chi connectivity index (χ4n) is 9.85. The van der Waals surface area contributed by atoms with Gasteiger partial charge in [0.05, 0.1) is 11.5 Å². The molecule has 9 rings (SSSR count). The van der Waals surface area contributed by atoms with Gasteiger partial charge in [0, 0.05) is 75.8 Å². The second-order valence-corrected chi connectivity index (χ2v) is 23.0. The van der Waals surface area contributed by atoms with E-state index >= 15 is 0 Å². The standard InChI is InChI=1S/C31H26N.C24H25N2S.C13H24O2.Ir/c1-31(2,3)29-20-27(19-26-11-7-8-12-28(26)29)30-21-25(17-18-32-30)24-15-13-23(14-16-24)22-9-5-4-6-10-22;1-14-10-15(2)12-18(11-14)21-23-20(16(3)25-26-21)19-9-7-8-17(22(19)27-23)13-24(4,5)6;1-5-10(6-2)12(14)9-13(15)11(7-3)8-4;/h4-18,20-21H,1-3H3;7-11H,13H2,1-6H3;9-11,14H,5-8H2,1-4H3;/q2*-1;;/b;;12-9-;. The fourth-order valence-corrected chi connectivity index (χ4v) is 11.2. The zero-order valence-corrected chi connectivity index (χ0v) is 49.6. The van der Waals surface area contributed by atoms with Crippen LogP contribution >= 0.6 is 11.3 Å². The molecule has 0 aliphatic carbocycles. The molecule has 0 bridgehead atoms. The zero-order chi connectivity index (χ0) is 53.3. The molecule has 0 saturated carbocycles. The van der Waals surface area contributed by atoms with E-state index in [0.717, 1.165) is 76.8 Å². The van der Waals surface area contributed by atoms with Crippen molar-refractivity contribution < 1.29 is 30.0 Å². The second kappa shape index (κ2) is 25.6. The molecule has 0 saturated heterocycles. The third kappa shape index (κ3) is 14.4. The van der Waals surface area contributed by atoms with Crippen LogP contribution in [0.25, 0.3) is 75.7 Å². The van der Waals surface area contributed by atoms with Gasteiger partial charge in [0.15, 0.2) is 5.78 Å². The molecule has 5 nitrogen and oxygen atoms in total. The zero-order valence-electron chi connectivity index (χ0n) is 46.4. The molecule has 391 valence electrons. The molecule has 0 aliphatic heterocycles. The number of nitrogens with zero attached hydrogens (tertiary/aromatic N) is 3. The van der Waals surface area contributed by atoms with Gasteiger partial charge in [-0.3, -0.25) is 9.78 Å². The molecule has 0 fully saturated rings. The van der Waals surface area contributed by atoms with Crippen LogP contribution in [-0.4, -0.2) is 26.1 Å². The molecule has 0 aliphatic rings. The first-order chi connectivity index (χ1) is 35.3. The predicted molar refractivity (Wildman–Crippen MR) is 316 cm³/mol. The van der Waals surface area contributed by atoms with Gasteiger partial charge < -0.3 is 5.11 Å². The smallest absolute Gasteiger partial charge is 0.162 e. The minimum Gasteiger partial charge on any atom is -0.512 e. The van der Waals surface area contributed by atoms with Crippen LogP contribution in [0.5, 0.6) is 0 Å². The normalized spacial score (nSPS) is 11.9. The summed E-state index contributed by atoms with van der Waals surface area (Å²) in [5.41, 5.74) is 15.2. The first-order valence-electron chi connectivity index (χ1n) is 26.5. The van der Waals surface area contributed by atoms with Crippen molar-refractivity contribution in [3.8, 4) is 44.8 Å². The van der Waals surface area contributed by atoms with Crippen LogP contribution in [-0.2, 0) is 36.7 Å². The molecule has 7 heteroatoms. The largest absolute Gasteiger partial charge is 0.512 e. The summed E-state index contributed by atoms with van der Waals surface area (Å²) < 4.78 is 2.59. The Bertz CT molecular complexity index is 3370. The summed E-state index contributed by atoms with van der Waals surface area (Å²) in [4.78, 5) is 16.4. The SMILES string of the molecule is CC(C)(C)c1cc(-c2cc(-c3ccc(-c4ccccc4)cc3)ccn2)[c-]c2ccccc12.CCC(CC)C(=O)/C=C(\O)C(CC)CC.Cc1[c-]c(-c2nnc(C)c3c2sc2c(CC(C)(C)C)cccc23)cc(C)c1.[Ir]. The molecule has 6 aromatic carbocycles. The van der Waals surface area contributed by atoms with Crippen LogP contribution in [0.2, 0.25) is 0 Å². The number of carbonyl (C=O) groups is 1. The first-order valence-corrected chi connectivity index (χ1v) is 27.3. The van der Waals surface area contributed by atoms with Crippen LogP contribution < -0.4 is 0 Å². The summed E-state index contributed by atoms with van der Waals surface area (Å²) in [6.45, 7) is 28.0. The van der Waals surface area contributed by atoms with Crippen molar-refractivity contribution in [3.05, 3.63) is 186 Å². The average molecular weight is 1190 g/mol. The number of carbonyl (C=O) groups excluding carboxylic acids is 1. The molecule has 1 N–H and O–H groups in total. The number of benzene rings is 6. The maximum Gasteiger partial charge on any atom is 0.162 e. The van der Waals surface area contributed by atoms with Crippen LogP contribution in [0.4, 0.5) is 0 Å². The third-order valence-corrected chi connectivity index (χ3v) is 15.1. The number of aryl methyl sites for hydroxylation is 3. The Balaban J connectivity index is 0.000000194. The summed E-state index contributed by atoms with van der Waals surface area (Å²) in [5, 5.41) is 23.8. The Morgan fingerprint density at radius 1 is 0.640 bits per heavy atom. The third-order valence-electron chi connectivity index (χ3n) is 13.8. The number of aliphatic hydroxyl groups excluding tert-OH is 1. The molecule has 0 unspecified atom stereocenters. The van der Waals surface area contributed by atoms with Gasteiger partial charge in [-0.25, -0.2) is 0 Å². The van der Waals surface area contributed by atoms with E-state index in [1.165, 1.54) is 65.0 Å². The van der Waals surface area contributed by atoms with E-state index in [4.69, 9.17) is 4.98 Å². The van der Waals surface area contributed by atoms with E-state index in [9.17, 15) is 9.90 Å².